The number of fused-ring (bicyclic) bond motifs is 1. The normalized spacial score (nSPS) is 11.9. The Hall–Kier alpha value is -5.70. The minimum absolute atomic E-state index is 1.13. The van der Waals surface area contributed by atoms with E-state index in [0.29, 0.717) is 0 Å². The zero-order chi connectivity index (χ0) is 30.2. The van der Waals surface area contributed by atoms with Gasteiger partial charge in [0.1, 0.15) is 0 Å². The highest BCUT2D eigenvalue weighted by Crippen LogP contribution is 2.51. The van der Waals surface area contributed by atoms with Crippen LogP contribution in [-0.4, -0.2) is 0 Å². The molecule has 10 aromatic rings. The van der Waals surface area contributed by atoms with Crippen molar-refractivity contribution in [3.8, 4) is 22.3 Å². The third-order valence-corrected chi connectivity index (χ3v) is 10.7. The first kappa shape index (κ1) is 25.6. The molecule has 0 aliphatic heterocycles. The molecule has 0 fully saturated rings. The Morgan fingerprint density at radius 3 is 1.76 bits per heavy atom. The average Bonchev–Trinajstić information content (AvgIpc) is 3.52. The summed E-state index contributed by atoms with van der Waals surface area (Å²) in [5.74, 6) is 0. The van der Waals surface area contributed by atoms with Crippen LogP contribution in [0.3, 0.4) is 0 Å². The van der Waals surface area contributed by atoms with E-state index in [9.17, 15) is 0 Å². The zero-order valence-electron chi connectivity index (χ0n) is 24.9. The van der Waals surface area contributed by atoms with Gasteiger partial charge in [0.2, 0.25) is 0 Å². The van der Waals surface area contributed by atoms with E-state index in [1.165, 1.54) is 74.7 Å². The van der Waals surface area contributed by atoms with Gasteiger partial charge in [-0.25, -0.2) is 0 Å². The summed E-state index contributed by atoms with van der Waals surface area (Å²) in [5.41, 5.74) is 8.41. The summed E-state index contributed by atoms with van der Waals surface area (Å²) in [5, 5.41) is 11.0. The number of hydrogen-bond donors (Lipinski definition) is 0. The molecule has 0 bridgehead atoms. The van der Waals surface area contributed by atoms with E-state index < -0.39 is 0 Å². The van der Waals surface area contributed by atoms with Crippen LogP contribution >= 0.6 is 11.3 Å². The van der Waals surface area contributed by atoms with E-state index in [4.69, 9.17) is 0 Å². The van der Waals surface area contributed by atoms with Crippen LogP contribution in [0.5, 0.6) is 0 Å². The highest BCUT2D eigenvalue weighted by Gasteiger charge is 2.21. The first-order valence-corrected chi connectivity index (χ1v) is 16.6. The fourth-order valence-electron chi connectivity index (χ4n) is 7.52. The lowest BCUT2D eigenvalue weighted by atomic mass is 9.87. The second-order valence-corrected chi connectivity index (χ2v) is 13.2. The van der Waals surface area contributed by atoms with E-state index in [1.807, 2.05) is 11.3 Å². The minimum atomic E-state index is 1.13. The van der Waals surface area contributed by atoms with Gasteiger partial charge in [-0.15, -0.1) is 11.3 Å². The molecule has 0 N–H and O–H groups in total. The molecule has 46 heavy (non-hydrogen) atoms. The SMILES string of the molecule is c1ccc(N(c2ccccc2)c2ccc(-c3cccc(-c4cc5ccc6cccc7c8cccc9sc4c(c98)c5c67)c3)cc2)cc1. The van der Waals surface area contributed by atoms with Crippen LogP contribution in [0.1, 0.15) is 0 Å². The van der Waals surface area contributed by atoms with E-state index in [2.05, 4.69) is 169 Å². The standard InChI is InChI=1S/C44H27NS/c1-3-13-33(14-4-1)45(34-15-5-2-6-16-34)35-24-22-28(23-25-35)30-11-7-12-31(26-30)38-27-32-21-20-29-10-8-17-36-37-18-9-19-39-42(37)43(44(38)46-39)41(32)40(29)36/h1-27H. The average molecular weight is 602 g/mol. The maximum absolute atomic E-state index is 2.42. The lowest BCUT2D eigenvalue weighted by molar-refractivity contribution is 1.28. The van der Waals surface area contributed by atoms with E-state index in [1.54, 1.807) is 0 Å². The molecule has 0 spiro atoms. The predicted octanol–water partition coefficient (Wildman–Crippen LogP) is 13.2. The van der Waals surface area contributed by atoms with Crippen molar-refractivity contribution in [2.24, 2.45) is 0 Å². The van der Waals surface area contributed by atoms with E-state index in [-0.39, 0.29) is 0 Å². The molecule has 0 atom stereocenters. The summed E-state index contributed by atoms with van der Waals surface area (Å²) in [6.07, 6.45) is 0. The van der Waals surface area contributed by atoms with Crippen LogP contribution in [0.25, 0.3) is 74.7 Å². The van der Waals surface area contributed by atoms with Gasteiger partial charge >= 0.3 is 0 Å². The van der Waals surface area contributed by atoms with Crippen molar-refractivity contribution < 1.29 is 0 Å². The molecular weight excluding hydrogens is 575 g/mol. The van der Waals surface area contributed by atoms with Gasteiger partial charge < -0.3 is 4.90 Å². The van der Waals surface area contributed by atoms with E-state index in [0.717, 1.165) is 17.1 Å². The van der Waals surface area contributed by atoms with E-state index >= 15 is 0 Å². The van der Waals surface area contributed by atoms with Gasteiger partial charge in [0.05, 0.1) is 0 Å². The topological polar surface area (TPSA) is 3.24 Å². The summed E-state index contributed by atoms with van der Waals surface area (Å²) >= 11 is 1.93. The van der Waals surface area contributed by atoms with Crippen LogP contribution in [0.15, 0.2) is 164 Å². The number of anilines is 3. The molecule has 0 saturated carbocycles. The fourth-order valence-corrected chi connectivity index (χ4v) is 8.79. The largest absolute Gasteiger partial charge is 0.311 e. The lowest BCUT2D eigenvalue weighted by Gasteiger charge is -2.25. The highest BCUT2D eigenvalue weighted by atomic mass is 32.1. The third kappa shape index (κ3) is 3.74. The summed E-state index contributed by atoms with van der Waals surface area (Å²) < 4.78 is 2.74. The summed E-state index contributed by atoms with van der Waals surface area (Å²) in [4.78, 5) is 2.31. The van der Waals surface area contributed by atoms with Gasteiger partial charge in [-0.2, -0.15) is 0 Å². The van der Waals surface area contributed by atoms with Crippen LogP contribution in [0.2, 0.25) is 0 Å². The molecule has 9 aromatic carbocycles. The summed E-state index contributed by atoms with van der Waals surface area (Å²) in [6.45, 7) is 0. The number of rotatable bonds is 5. The quantitative estimate of drug-likeness (QED) is 0.140. The van der Waals surface area contributed by atoms with Crippen molar-refractivity contribution in [1.29, 1.82) is 0 Å². The molecule has 10 rings (SSSR count). The Morgan fingerprint density at radius 2 is 1.00 bits per heavy atom. The van der Waals surface area contributed by atoms with Crippen LogP contribution in [-0.2, 0) is 0 Å². The summed E-state index contributed by atoms with van der Waals surface area (Å²) in [6, 6.07) is 59.8. The Balaban J connectivity index is 1.12. The summed E-state index contributed by atoms with van der Waals surface area (Å²) in [7, 11) is 0. The second kappa shape index (κ2) is 9.90. The second-order valence-electron chi connectivity index (χ2n) is 12.1. The Labute approximate surface area is 270 Å². The maximum atomic E-state index is 2.42. The highest BCUT2D eigenvalue weighted by molar-refractivity contribution is 7.26. The molecule has 1 aromatic heterocycles. The first-order chi connectivity index (χ1) is 22.8. The van der Waals surface area contributed by atoms with Gasteiger partial charge in [0, 0.05) is 42.8 Å². The number of benzene rings is 9. The van der Waals surface area contributed by atoms with Crippen LogP contribution in [0.4, 0.5) is 17.1 Å². The van der Waals surface area contributed by atoms with Crippen molar-refractivity contribution in [2.75, 3.05) is 4.90 Å². The molecule has 1 nitrogen and oxygen atoms in total. The van der Waals surface area contributed by atoms with Crippen molar-refractivity contribution in [2.45, 2.75) is 0 Å². The fraction of sp³-hybridized carbons (Fsp3) is 0. The third-order valence-electron chi connectivity index (χ3n) is 9.54. The van der Waals surface area contributed by atoms with Gasteiger partial charge in [0.15, 0.2) is 0 Å². The first-order valence-electron chi connectivity index (χ1n) is 15.8. The molecule has 0 aliphatic carbocycles. The van der Waals surface area contributed by atoms with Gasteiger partial charge in [-0.1, -0.05) is 109 Å². The van der Waals surface area contributed by atoms with Crippen molar-refractivity contribution in [3.63, 3.8) is 0 Å². The number of hydrogen-bond acceptors (Lipinski definition) is 2. The molecule has 1 heterocycles. The monoisotopic (exact) mass is 601 g/mol. The Bertz CT molecular complexity index is 2630. The number of thiophene rings is 1. The zero-order valence-corrected chi connectivity index (χ0v) is 25.8. The molecular formula is C44H27NS. The van der Waals surface area contributed by atoms with Crippen molar-refractivity contribution in [1.82, 2.24) is 0 Å². The molecule has 0 radical (unpaired) electrons. The van der Waals surface area contributed by atoms with Gasteiger partial charge in [-0.3, -0.25) is 0 Å². The maximum Gasteiger partial charge on any atom is 0.0462 e. The van der Waals surface area contributed by atoms with Crippen LogP contribution < -0.4 is 4.90 Å². The van der Waals surface area contributed by atoms with Gasteiger partial charge in [-0.05, 0) is 104 Å². The Kier molecular flexibility index (Phi) is 5.51. The van der Waals surface area contributed by atoms with Crippen molar-refractivity contribution >= 4 is 80.9 Å². The number of nitrogens with zero attached hydrogens (tertiary/aromatic N) is 1. The molecule has 214 valence electrons. The van der Waals surface area contributed by atoms with Crippen molar-refractivity contribution in [3.05, 3.63) is 164 Å². The molecule has 0 saturated heterocycles. The number of para-hydroxylation sites is 2. The molecule has 0 aliphatic rings. The predicted molar refractivity (Wildman–Crippen MR) is 200 cm³/mol. The smallest absolute Gasteiger partial charge is 0.0462 e. The Morgan fingerprint density at radius 1 is 0.370 bits per heavy atom. The molecule has 0 unspecified atom stereocenters. The minimum Gasteiger partial charge on any atom is -0.311 e. The lowest BCUT2D eigenvalue weighted by Crippen LogP contribution is -2.09. The van der Waals surface area contributed by atoms with Crippen LogP contribution in [0, 0.1) is 0 Å². The molecule has 0 amide bonds. The molecule has 2 heteroatoms. The van der Waals surface area contributed by atoms with Gasteiger partial charge in [0.25, 0.3) is 0 Å².